The first-order valence-electron chi connectivity index (χ1n) is 7.78. The lowest BCUT2D eigenvalue weighted by Crippen LogP contribution is -2.31. The van der Waals surface area contributed by atoms with Crippen molar-refractivity contribution in [2.45, 2.75) is 13.3 Å². The van der Waals surface area contributed by atoms with Crippen molar-refractivity contribution in [2.75, 3.05) is 0 Å². The first-order chi connectivity index (χ1) is 12.0. The molecule has 1 amide bonds. The number of amides is 1. The van der Waals surface area contributed by atoms with E-state index < -0.39 is 4.92 Å². The van der Waals surface area contributed by atoms with Crippen LogP contribution in [0.2, 0.25) is 0 Å². The van der Waals surface area contributed by atoms with E-state index in [1.165, 1.54) is 12.1 Å². The summed E-state index contributed by atoms with van der Waals surface area (Å²) in [5, 5.41) is 14.8. The monoisotopic (exact) mass is 336 g/mol. The van der Waals surface area contributed by atoms with Crippen molar-refractivity contribution in [2.24, 2.45) is 16.0 Å². The molecule has 1 atom stereocenters. The van der Waals surface area contributed by atoms with Gasteiger partial charge >= 0.3 is 0 Å². The van der Waals surface area contributed by atoms with Gasteiger partial charge in [0.15, 0.2) is 0 Å². The average Bonchev–Trinajstić information content (AvgIpc) is 2.61. The number of benzene rings is 2. The maximum absolute atomic E-state index is 11.3. The fraction of sp³-hybridized carbons (Fsp3) is 0.167. The second kappa shape index (κ2) is 7.04. The molecule has 0 spiro atoms. The van der Waals surface area contributed by atoms with Crippen molar-refractivity contribution < 1.29 is 9.72 Å². The summed E-state index contributed by atoms with van der Waals surface area (Å²) in [5.74, 6) is 0.00350. The molecule has 7 heteroatoms. The largest absolute Gasteiger partial charge is 0.273 e. The summed E-state index contributed by atoms with van der Waals surface area (Å²) in [4.78, 5) is 25.9. The van der Waals surface area contributed by atoms with E-state index >= 15 is 0 Å². The van der Waals surface area contributed by atoms with E-state index in [0.29, 0.717) is 6.42 Å². The van der Waals surface area contributed by atoms with Crippen molar-refractivity contribution in [1.82, 2.24) is 5.43 Å². The Morgan fingerprint density at radius 1 is 1.20 bits per heavy atom. The molecule has 1 heterocycles. The van der Waals surface area contributed by atoms with Gasteiger partial charge in [-0.2, -0.15) is 5.10 Å². The van der Waals surface area contributed by atoms with Crippen LogP contribution < -0.4 is 5.43 Å². The van der Waals surface area contributed by atoms with Crippen LogP contribution >= 0.6 is 0 Å². The zero-order valence-electron chi connectivity index (χ0n) is 13.5. The fourth-order valence-corrected chi connectivity index (χ4v) is 2.55. The molecule has 2 aromatic carbocycles. The maximum atomic E-state index is 11.3. The molecule has 1 aliphatic rings. The summed E-state index contributed by atoms with van der Waals surface area (Å²) in [6, 6.07) is 13.7. The number of nitro benzene ring substituents is 1. The number of rotatable bonds is 4. The van der Waals surface area contributed by atoms with Gasteiger partial charge in [0.2, 0.25) is 5.91 Å². The number of hydrogen-bond acceptors (Lipinski definition) is 5. The van der Waals surface area contributed by atoms with Gasteiger partial charge in [-0.1, -0.05) is 19.1 Å². The lowest BCUT2D eigenvalue weighted by atomic mass is 9.94. The number of carbonyl (C=O) groups excluding carboxylic acids is 1. The Balaban J connectivity index is 1.72. The number of nitrogens with zero attached hydrogens (tertiary/aromatic N) is 3. The van der Waals surface area contributed by atoms with Gasteiger partial charge in [-0.25, -0.2) is 5.43 Å². The SMILES string of the molecule is C[C@@H]1CC(=O)NN=C1c1ccc(N=Cc2ccc([N+](=O)[O-])cc2)cc1. The Kier molecular flexibility index (Phi) is 4.65. The smallest absolute Gasteiger partial charge is 0.269 e. The number of aliphatic imine (C=N–C) groups is 1. The summed E-state index contributed by atoms with van der Waals surface area (Å²) in [5.41, 5.74) is 5.90. The van der Waals surface area contributed by atoms with E-state index in [1.807, 2.05) is 31.2 Å². The standard InChI is InChI=1S/C18H16N4O3/c1-12-10-17(23)20-21-18(12)14-4-6-15(7-5-14)19-11-13-2-8-16(9-3-13)22(24)25/h2-9,11-12H,10H2,1H3,(H,20,23)/t12-/m1/s1. The molecule has 0 aliphatic carbocycles. The number of nitro groups is 1. The van der Waals surface area contributed by atoms with Gasteiger partial charge in [0.1, 0.15) is 0 Å². The number of hydrazone groups is 1. The highest BCUT2D eigenvalue weighted by Crippen LogP contribution is 2.20. The molecule has 0 saturated heterocycles. The van der Waals surface area contributed by atoms with Gasteiger partial charge in [-0.3, -0.25) is 19.9 Å². The maximum Gasteiger partial charge on any atom is 0.269 e. The first kappa shape index (κ1) is 16.5. The van der Waals surface area contributed by atoms with Crippen LogP contribution in [-0.4, -0.2) is 22.8 Å². The van der Waals surface area contributed by atoms with Crippen LogP contribution in [0.15, 0.2) is 58.6 Å². The van der Waals surface area contributed by atoms with Crippen LogP contribution in [-0.2, 0) is 4.79 Å². The molecule has 7 nitrogen and oxygen atoms in total. The minimum atomic E-state index is -0.433. The van der Waals surface area contributed by atoms with E-state index in [1.54, 1.807) is 18.3 Å². The molecule has 1 aliphatic heterocycles. The summed E-state index contributed by atoms with van der Waals surface area (Å²) in [7, 11) is 0. The molecule has 3 rings (SSSR count). The van der Waals surface area contributed by atoms with Crippen LogP contribution in [0.25, 0.3) is 0 Å². The van der Waals surface area contributed by atoms with Gasteiger partial charge in [-0.05, 0) is 35.4 Å². The van der Waals surface area contributed by atoms with Crippen molar-refractivity contribution in [3.63, 3.8) is 0 Å². The number of carbonyl (C=O) groups is 1. The van der Waals surface area contributed by atoms with E-state index in [-0.39, 0.29) is 17.5 Å². The third kappa shape index (κ3) is 3.95. The molecule has 1 N–H and O–H groups in total. The number of hydrogen-bond donors (Lipinski definition) is 1. The van der Waals surface area contributed by atoms with Crippen LogP contribution in [0.5, 0.6) is 0 Å². The van der Waals surface area contributed by atoms with Crippen molar-refractivity contribution in [1.29, 1.82) is 0 Å². The molecule has 0 unspecified atom stereocenters. The molecule has 0 fully saturated rings. The van der Waals surface area contributed by atoms with Gasteiger partial charge < -0.3 is 0 Å². The fourth-order valence-electron chi connectivity index (χ4n) is 2.55. The number of non-ortho nitro benzene ring substituents is 1. The Bertz CT molecular complexity index is 855. The van der Waals surface area contributed by atoms with Gasteiger partial charge in [-0.15, -0.1) is 0 Å². The van der Waals surface area contributed by atoms with Crippen molar-refractivity contribution in [3.8, 4) is 0 Å². The predicted octanol–water partition coefficient (Wildman–Crippen LogP) is 3.21. The molecule has 25 heavy (non-hydrogen) atoms. The van der Waals surface area contributed by atoms with Crippen LogP contribution in [0, 0.1) is 16.0 Å². The van der Waals surface area contributed by atoms with E-state index in [4.69, 9.17) is 0 Å². The lowest BCUT2D eigenvalue weighted by molar-refractivity contribution is -0.384. The quantitative estimate of drug-likeness (QED) is 0.527. The molecule has 0 radical (unpaired) electrons. The topological polar surface area (TPSA) is 97.0 Å². The highest BCUT2D eigenvalue weighted by Gasteiger charge is 2.21. The number of nitrogens with one attached hydrogen (secondary N) is 1. The minimum absolute atomic E-state index is 0.0518. The highest BCUT2D eigenvalue weighted by atomic mass is 16.6. The van der Waals surface area contributed by atoms with Gasteiger partial charge in [0.05, 0.1) is 16.3 Å². The van der Waals surface area contributed by atoms with Crippen LogP contribution in [0.4, 0.5) is 11.4 Å². The normalized spacial score (nSPS) is 17.2. The minimum Gasteiger partial charge on any atom is -0.273 e. The summed E-state index contributed by atoms with van der Waals surface area (Å²) >= 11 is 0. The molecular formula is C18H16N4O3. The molecule has 126 valence electrons. The Morgan fingerprint density at radius 3 is 2.48 bits per heavy atom. The van der Waals surface area contributed by atoms with Gasteiger partial charge in [0, 0.05) is 30.7 Å². The Labute approximate surface area is 144 Å². The second-order valence-electron chi connectivity index (χ2n) is 5.79. The lowest BCUT2D eigenvalue weighted by Gasteiger charge is -2.19. The average molecular weight is 336 g/mol. The van der Waals surface area contributed by atoms with E-state index in [2.05, 4.69) is 15.5 Å². The van der Waals surface area contributed by atoms with Crippen molar-refractivity contribution in [3.05, 3.63) is 69.8 Å². The molecule has 2 aromatic rings. The predicted molar refractivity (Wildman–Crippen MR) is 95.3 cm³/mol. The third-order valence-corrected chi connectivity index (χ3v) is 3.89. The zero-order chi connectivity index (χ0) is 17.8. The van der Waals surface area contributed by atoms with E-state index in [0.717, 1.165) is 22.5 Å². The summed E-state index contributed by atoms with van der Waals surface area (Å²) < 4.78 is 0. The second-order valence-corrected chi connectivity index (χ2v) is 5.79. The Hall–Kier alpha value is -3.35. The molecule has 0 aromatic heterocycles. The molecule has 0 bridgehead atoms. The Morgan fingerprint density at radius 2 is 1.88 bits per heavy atom. The summed E-state index contributed by atoms with van der Waals surface area (Å²) in [6.07, 6.45) is 2.08. The summed E-state index contributed by atoms with van der Waals surface area (Å²) in [6.45, 7) is 1.97. The van der Waals surface area contributed by atoms with Crippen LogP contribution in [0.1, 0.15) is 24.5 Å². The third-order valence-electron chi connectivity index (χ3n) is 3.89. The van der Waals surface area contributed by atoms with Crippen molar-refractivity contribution >= 4 is 29.2 Å². The molecule has 0 saturated carbocycles. The van der Waals surface area contributed by atoms with Gasteiger partial charge in [0.25, 0.3) is 5.69 Å². The van der Waals surface area contributed by atoms with E-state index in [9.17, 15) is 14.9 Å². The zero-order valence-corrected chi connectivity index (χ0v) is 13.5. The van der Waals surface area contributed by atoms with Crippen LogP contribution in [0.3, 0.4) is 0 Å². The first-order valence-corrected chi connectivity index (χ1v) is 7.78. The molecular weight excluding hydrogens is 320 g/mol. The highest BCUT2D eigenvalue weighted by molar-refractivity contribution is 6.05.